The van der Waals surface area contributed by atoms with Gasteiger partial charge in [0.1, 0.15) is 5.75 Å². The van der Waals surface area contributed by atoms with E-state index in [0.29, 0.717) is 5.22 Å². The molecule has 0 aliphatic carbocycles. The first-order chi connectivity index (χ1) is 9.24. The number of benzene rings is 1. The summed E-state index contributed by atoms with van der Waals surface area (Å²) in [5.74, 6) is 6.43. The molecule has 2 rings (SSSR count). The van der Waals surface area contributed by atoms with Crippen LogP contribution < -0.4 is 16.0 Å². The average molecular weight is 281 g/mol. The number of ether oxygens (including phenoxy) is 1. The minimum absolute atomic E-state index is 0.0200. The maximum atomic E-state index is 5.96. The van der Waals surface area contributed by atoms with E-state index >= 15 is 0 Å². The van der Waals surface area contributed by atoms with Gasteiger partial charge in [0.15, 0.2) is 5.22 Å². The molecule has 1 heterocycles. The van der Waals surface area contributed by atoms with E-state index in [0.717, 1.165) is 24.2 Å². The topological polar surface area (TPSA) is 60.4 Å². The van der Waals surface area contributed by atoms with E-state index in [4.69, 9.17) is 26.6 Å². The molecule has 0 aliphatic rings. The lowest BCUT2D eigenvalue weighted by molar-refractivity contribution is 0.414. The summed E-state index contributed by atoms with van der Waals surface area (Å²) in [6.07, 6.45) is 3.29. The van der Waals surface area contributed by atoms with Gasteiger partial charge < -0.3 is 9.15 Å². The SMILES string of the molecule is COc1ccc(CCC(NN)c2ccoc2Cl)cc1. The van der Waals surface area contributed by atoms with Gasteiger partial charge in [-0.15, -0.1) is 0 Å². The Morgan fingerprint density at radius 3 is 2.58 bits per heavy atom. The summed E-state index contributed by atoms with van der Waals surface area (Å²) in [5, 5.41) is 0.387. The van der Waals surface area contributed by atoms with E-state index in [9.17, 15) is 0 Å². The molecule has 1 unspecified atom stereocenters. The predicted molar refractivity (Wildman–Crippen MR) is 75.1 cm³/mol. The molecule has 0 saturated heterocycles. The number of halogens is 1. The molecule has 2 aromatic rings. The van der Waals surface area contributed by atoms with Gasteiger partial charge in [-0.25, -0.2) is 0 Å². The maximum absolute atomic E-state index is 5.96. The predicted octanol–water partition coefficient (Wildman–Crippen LogP) is 3.08. The minimum Gasteiger partial charge on any atom is -0.497 e. The molecule has 3 N–H and O–H groups in total. The van der Waals surface area contributed by atoms with Crippen LogP contribution in [-0.4, -0.2) is 7.11 Å². The maximum Gasteiger partial charge on any atom is 0.197 e. The molecule has 0 fully saturated rings. The van der Waals surface area contributed by atoms with Crippen LogP contribution in [0.1, 0.15) is 23.6 Å². The number of aryl methyl sites for hydroxylation is 1. The first-order valence-corrected chi connectivity index (χ1v) is 6.44. The third-order valence-electron chi connectivity index (χ3n) is 3.10. The second-order valence-electron chi connectivity index (χ2n) is 4.26. The third kappa shape index (κ3) is 3.50. The summed E-state index contributed by atoms with van der Waals surface area (Å²) in [4.78, 5) is 0. The molecule has 1 aromatic heterocycles. The van der Waals surface area contributed by atoms with Crippen LogP contribution in [-0.2, 0) is 6.42 Å². The standard InChI is InChI=1S/C14H17ClN2O2/c1-18-11-5-2-10(3-6-11)4-7-13(17-16)12-8-9-19-14(12)15/h2-3,5-6,8-9,13,17H,4,7,16H2,1H3. The number of rotatable bonds is 6. The van der Waals surface area contributed by atoms with Crippen LogP contribution in [0.15, 0.2) is 41.0 Å². The zero-order chi connectivity index (χ0) is 13.7. The van der Waals surface area contributed by atoms with Crippen molar-refractivity contribution in [2.75, 3.05) is 7.11 Å². The summed E-state index contributed by atoms with van der Waals surface area (Å²) in [7, 11) is 1.66. The molecule has 0 amide bonds. The Labute approximate surface area is 117 Å². The fourth-order valence-electron chi connectivity index (χ4n) is 1.99. The number of furan rings is 1. The Hall–Kier alpha value is -1.49. The Kier molecular flexibility index (Phi) is 4.85. The summed E-state index contributed by atoms with van der Waals surface area (Å²) in [5.41, 5.74) is 4.88. The molecule has 4 nitrogen and oxygen atoms in total. The van der Waals surface area contributed by atoms with E-state index in [2.05, 4.69) is 5.43 Å². The highest BCUT2D eigenvalue weighted by atomic mass is 35.5. The van der Waals surface area contributed by atoms with Crippen LogP contribution in [0.3, 0.4) is 0 Å². The van der Waals surface area contributed by atoms with Crippen molar-refractivity contribution in [2.45, 2.75) is 18.9 Å². The van der Waals surface area contributed by atoms with E-state index in [1.807, 2.05) is 30.3 Å². The van der Waals surface area contributed by atoms with Crippen molar-refractivity contribution in [1.29, 1.82) is 0 Å². The molecule has 5 heteroatoms. The highest BCUT2D eigenvalue weighted by Crippen LogP contribution is 2.27. The van der Waals surface area contributed by atoms with Crippen molar-refractivity contribution in [3.05, 3.63) is 52.9 Å². The van der Waals surface area contributed by atoms with Gasteiger partial charge in [0.2, 0.25) is 0 Å². The van der Waals surface area contributed by atoms with Crippen LogP contribution in [0.5, 0.6) is 5.75 Å². The van der Waals surface area contributed by atoms with Crippen molar-refractivity contribution in [1.82, 2.24) is 5.43 Å². The molecule has 0 bridgehead atoms. The van der Waals surface area contributed by atoms with Crippen LogP contribution in [0, 0.1) is 0 Å². The van der Waals surface area contributed by atoms with Gasteiger partial charge in [-0.3, -0.25) is 11.3 Å². The molecule has 102 valence electrons. The summed E-state index contributed by atoms with van der Waals surface area (Å²) in [6.45, 7) is 0. The first kappa shape index (κ1) is 13.9. The van der Waals surface area contributed by atoms with Gasteiger partial charge in [-0.05, 0) is 48.2 Å². The van der Waals surface area contributed by atoms with Crippen molar-refractivity contribution in [3.63, 3.8) is 0 Å². The van der Waals surface area contributed by atoms with Crippen LogP contribution in [0.25, 0.3) is 0 Å². The first-order valence-electron chi connectivity index (χ1n) is 6.06. The molecule has 1 aromatic carbocycles. The zero-order valence-electron chi connectivity index (χ0n) is 10.7. The molecule has 0 saturated carbocycles. The average Bonchev–Trinajstić information content (AvgIpc) is 2.87. The van der Waals surface area contributed by atoms with E-state index in [1.54, 1.807) is 13.4 Å². The van der Waals surface area contributed by atoms with Crippen LogP contribution in [0.2, 0.25) is 5.22 Å². The zero-order valence-corrected chi connectivity index (χ0v) is 11.5. The smallest absolute Gasteiger partial charge is 0.197 e. The van der Waals surface area contributed by atoms with Gasteiger partial charge >= 0.3 is 0 Å². The molecule has 0 radical (unpaired) electrons. The summed E-state index contributed by atoms with van der Waals surface area (Å²) in [6, 6.07) is 9.80. The Morgan fingerprint density at radius 2 is 2.05 bits per heavy atom. The van der Waals surface area contributed by atoms with Crippen molar-refractivity contribution in [2.24, 2.45) is 5.84 Å². The fourth-order valence-corrected chi connectivity index (χ4v) is 2.23. The lowest BCUT2D eigenvalue weighted by Crippen LogP contribution is -2.28. The number of hydrogen-bond donors (Lipinski definition) is 2. The normalized spacial score (nSPS) is 12.4. The van der Waals surface area contributed by atoms with Gasteiger partial charge in [0, 0.05) is 5.56 Å². The Balaban J connectivity index is 1.98. The molecule has 0 spiro atoms. The fraction of sp³-hybridized carbons (Fsp3) is 0.286. The van der Waals surface area contributed by atoms with Crippen LogP contribution in [0.4, 0.5) is 0 Å². The minimum atomic E-state index is -0.0200. The molecular formula is C14H17ClN2O2. The monoisotopic (exact) mass is 280 g/mol. The van der Waals surface area contributed by atoms with E-state index < -0.39 is 0 Å². The van der Waals surface area contributed by atoms with Crippen molar-refractivity contribution >= 4 is 11.6 Å². The van der Waals surface area contributed by atoms with Gasteiger partial charge in [-0.1, -0.05) is 12.1 Å². The lowest BCUT2D eigenvalue weighted by Gasteiger charge is -2.14. The number of hydrazine groups is 1. The number of hydrogen-bond acceptors (Lipinski definition) is 4. The quantitative estimate of drug-likeness (QED) is 0.631. The molecule has 0 aliphatic heterocycles. The Morgan fingerprint density at radius 1 is 1.32 bits per heavy atom. The lowest BCUT2D eigenvalue weighted by atomic mass is 10.0. The van der Waals surface area contributed by atoms with Gasteiger partial charge in [-0.2, -0.15) is 0 Å². The molecule has 19 heavy (non-hydrogen) atoms. The van der Waals surface area contributed by atoms with E-state index in [1.165, 1.54) is 5.56 Å². The van der Waals surface area contributed by atoms with Gasteiger partial charge in [0.25, 0.3) is 0 Å². The number of nitrogens with two attached hydrogens (primary N) is 1. The second-order valence-corrected chi connectivity index (χ2v) is 4.60. The Bertz CT molecular complexity index is 510. The largest absolute Gasteiger partial charge is 0.497 e. The number of methoxy groups -OCH3 is 1. The van der Waals surface area contributed by atoms with Crippen molar-refractivity contribution in [3.8, 4) is 5.75 Å². The third-order valence-corrected chi connectivity index (χ3v) is 3.41. The molecule has 1 atom stereocenters. The van der Waals surface area contributed by atoms with Gasteiger partial charge in [0.05, 0.1) is 19.4 Å². The summed E-state index contributed by atoms with van der Waals surface area (Å²) < 4.78 is 10.2. The van der Waals surface area contributed by atoms with E-state index in [-0.39, 0.29) is 6.04 Å². The van der Waals surface area contributed by atoms with Crippen molar-refractivity contribution < 1.29 is 9.15 Å². The highest BCUT2D eigenvalue weighted by molar-refractivity contribution is 6.29. The number of nitrogens with one attached hydrogen (secondary N) is 1. The highest BCUT2D eigenvalue weighted by Gasteiger charge is 2.15. The summed E-state index contributed by atoms with van der Waals surface area (Å²) >= 11 is 5.96. The second kappa shape index (κ2) is 6.61. The van der Waals surface area contributed by atoms with Crippen LogP contribution >= 0.6 is 11.6 Å². The molecular weight excluding hydrogens is 264 g/mol.